The average molecular weight is 339 g/mol. The first-order chi connectivity index (χ1) is 9.52. The first-order valence-electron chi connectivity index (χ1n) is 5.54. The fourth-order valence-electron chi connectivity index (χ4n) is 1.54. The molecular formula is C11H11BrN6O2. The Hall–Kier alpha value is -2.42. The Bertz CT molecular complexity index is 663. The number of nitrogens with zero attached hydrogens (tertiary/aromatic N) is 3. The highest BCUT2D eigenvalue weighted by atomic mass is 79.9. The van der Waals surface area contributed by atoms with Gasteiger partial charge in [-0.05, 0) is 28.1 Å². The molecule has 1 aromatic heterocycles. The molecule has 0 radical (unpaired) electrons. The molecule has 1 heterocycles. The van der Waals surface area contributed by atoms with Gasteiger partial charge in [0, 0.05) is 11.5 Å². The average Bonchev–Trinajstić information content (AvgIpc) is 2.40. The summed E-state index contributed by atoms with van der Waals surface area (Å²) < 4.78 is 0.748. The predicted molar refractivity (Wildman–Crippen MR) is 80.1 cm³/mol. The van der Waals surface area contributed by atoms with Crippen LogP contribution in [0.25, 0.3) is 0 Å². The summed E-state index contributed by atoms with van der Waals surface area (Å²) in [5.74, 6) is 0.0188. The first-order valence-corrected chi connectivity index (χ1v) is 6.33. The Morgan fingerprint density at radius 2 is 2.05 bits per heavy atom. The molecule has 0 fully saturated rings. The zero-order valence-electron chi connectivity index (χ0n) is 10.4. The lowest BCUT2D eigenvalue weighted by atomic mass is 10.3. The zero-order valence-corrected chi connectivity index (χ0v) is 12.0. The van der Waals surface area contributed by atoms with E-state index in [0.29, 0.717) is 5.69 Å². The predicted octanol–water partition coefficient (Wildman–Crippen LogP) is 2.51. The van der Waals surface area contributed by atoms with Gasteiger partial charge < -0.3 is 16.4 Å². The van der Waals surface area contributed by atoms with Gasteiger partial charge in [0.15, 0.2) is 0 Å². The van der Waals surface area contributed by atoms with Crippen molar-refractivity contribution >= 4 is 44.9 Å². The number of nitrogens with one attached hydrogen (secondary N) is 2. The molecule has 0 unspecified atom stereocenters. The van der Waals surface area contributed by atoms with Crippen molar-refractivity contribution in [3.63, 3.8) is 0 Å². The maximum absolute atomic E-state index is 11.1. The Labute approximate surface area is 122 Å². The molecule has 2 rings (SSSR count). The third-order valence-corrected chi connectivity index (χ3v) is 3.14. The molecule has 8 nitrogen and oxygen atoms in total. The van der Waals surface area contributed by atoms with Crippen LogP contribution in [0.4, 0.5) is 29.0 Å². The highest BCUT2D eigenvalue weighted by Crippen LogP contribution is 2.33. The van der Waals surface area contributed by atoms with Crippen molar-refractivity contribution in [3.8, 4) is 0 Å². The van der Waals surface area contributed by atoms with Crippen LogP contribution < -0.4 is 16.4 Å². The van der Waals surface area contributed by atoms with Gasteiger partial charge in [-0.2, -0.15) is 9.97 Å². The summed E-state index contributed by atoms with van der Waals surface area (Å²) in [6, 6.07) is 7.18. The monoisotopic (exact) mass is 338 g/mol. The minimum atomic E-state index is -0.617. The van der Waals surface area contributed by atoms with Crippen LogP contribution in [0.3, 0.4) is 0 Å². The number of benzene rings is 1. The molecule has 0 aliphatic heterocycles. The molecule has 0 saturated heterocycles. The second kappa shape index (κ2) is 5.70. The molecule has 0 aliphatic carbocycles. The smallest absolute Gasteiger partial charge is 0.353 e. The normalized spacial score (nSPS) is 10.1. The van der Waals surface area contributed by atoms with Crippen LogP contribution in [0.5, 0.6) is 0 Å². The molecule has 0 atom stereocenters. The van der Waals surface area contributed by atoms with Gasteiger partial charge in [0.2, 0.25) is 17.6 Å². The van der Waals surface area contributed by atoms with E-state index in [-0.39, 0.29) is 23.3 Å². The standard InChI is InChI=1S/C11H11BrN6O2/c1-14-11-16-9(13)8(18(19)20)10(17-11)15-7-5-3-2-4-6(7)12/h2-5H,1H3,(H4,13,14,15,16,17). The number of nitrogens with two attached hydrogens (primary N) is 1. The van der Waals surface area contributed by atoms with Gasteiger partial charge >= 0.3 is 5.69 Å². The molecular weight excluding hydrogens is 328 g/mol. The van der Waals surface area contributed by atoms with Crippen LogP contribution in [0.2, 0.25) is 0 Å². The van der Waals surface area contributed by atoms with Crippen LogP contribution in [-0.4, -0.2) is 21.9 Å². The molecule has 9 heteroatoms. The largest absolute Gasteiger partial charge is 0.378 e. The van der Waals surface area contributed by atoms with E-state index in [0.717, 1.165) is 4.47 Å². The van der Waals surface area contributed by atoms with E-state index in [1.54, 1.807) is 25.2 Å². The van der Waals surface area contributed by atoms with Gasteiger partial charge in [0.1, 0.15) is 0 Å². The van der Waals surface area contributed by atoms with Crippen LogP contribution in [0, 0.1) is 10.1 Å². The van der Waals surface area contributed by atoms with Crippen molar-refractivity contribution in [1.29, 1.82) is 0 Å². The van der Waals surface area contributed by atoms with Crippen molar-refractivity contribution in [1.82, 2.24) is 9.97 Å². The number of anilines is 4. The Kier molecular flexibility index (Phi) is 3.99. The van der Waals surface area contributed by atoms with E-state index >= 15 is 0 Å². The Morgan fingerprint density at radius 1 is 1.35 bits per heavy atom. The SMILES string of the molecule is CNc1nc(N)c([N+](=O)[O-])c(Nc2ccccc2Br)n1. The number of hydrogen-bond acceptors (Lipinski definition) is 7. The molecule has 20 heavy (non-hydrogen) atoms. The number of halogens is 1. The highest BCUT2D eigenvalue weighted by molar-refractivity contribution is 9.10. The summed E-state index contributed by atoms with van der Waals surface area (Å²) in [5, 5.41) is 16.7. The zero-order chi connectivity index (χ0) is 14.7. The first kappa shape index (κ1) is 14.0. The number of nitrogen functional groups attached to an aromatic ring is 1. The third-order valence-electron chi connectivity index (χ3n) is 2.44. The Balaban J connectivity index is 2.52. The van der Waals surface area contributed by atoms with Crippen LogP contribution in [-0.2, 0) is 0 Å². The fourth-order valence-corrected chi connectivity index (χ4v) is 1.93. The second-order valence-electron chi connectivity index (χ2n) is 3.74. The van der Waals surface area contributed by atoms with Gasteiger partial charge in [-0.1, -0.05) is 12.1 Å². The number of aromatic nitrogens is 2. The summed E-state index contributed by atoms with van der Waals surface area (Å²) in [6.45, 7) is 0. The number of rotatable bonds is 4. The molecule has 0 spiro atoms. The molecule has 4 N–H and O–H groups in total. The topological polar surface area (TPSA) is 119 Å². The molecule has 0 amide bonds. The maximum Gasteiger partial charge on any atom is 0.353 e. The van der Waals surface area contributed by atoms with Gasteiger partial charge in [0.05, 0.1) is 10.6 Å². The second-order valence-corrected chi connectivity index (χ2v) is 4.60. The quantitative estimate of drug-likeness (QED) is 0.578. The molecule has 1 aromatic carbocycles. The van der Waals surface area contributed by atoms with Gasteiger partial charge in [-0.15, -0.1) is 0 Å². The van der Waals surface area contributed by atoms with Crippen molar-refractivity contribution in [2.75, 3.05) is 23.4 Å². The van der Waals surface area contributed by atoms with Gasteiger partial charge in [0.25, 0.3) is 0 Å². The van der Waals surface area contributed by atoms with Gasteiger partial charge in [-0.3, -0.25) is 10.1 Å². The molecule has 2 aromatic rings. The van der Waals surface area contributed by atoms with E-state index < -0.39 is 4.92 Å². The van der Waals surface area contributed by atoms with Crippen LogP contribution in [0.1, 0.15) is 0 Å². The minimum Gasteiger partial charge on any atom is -0.378 e. The van der Waals surface area contributed by atoms with E-state index in [9.17, 15) is 10.1 Å². The van der Waals surface area contributed by atoms with Crippen molar-refractivity contribution in [3.05, 3.63) is 38.9 Å². The van der Waals surface area contributed by atoms with Crippen LogP contribution >= 0.6 is 15.9 Å². The van der Waals surface area contributed by atoms with Crippen molar-refractivity contribution in [2.24, 2.45) is 0 Å². The minimum absolute atomic E-state index is 0.0266. The lowest BCUT2D eigenvalue weighted by molar-refractivity contribution is -0.383. The summed E-state index contributed by atoms with van der Waals surface area (Å²) in [6.07, 6.45) is 0. The number of para-hydroxylation sites is 1. The van der Waals surface area contributed by atoms with Crippen LogP contribution in [0.15, 0.2) is 28.7 Å². The maximum atomic E-state index is 11.1. The summed E-state index contributed by atoms with van der Waals surface area (Å²) >= 11 is 3.35. The lowest BCUT2D eigenvalue weighted by Crippen LogP contribution is -2.08. The highest BCUT2D eigenvalue weighted by Gasteiger charge is 2.23. The van der Waals surface area contributed by atoms with Crippen molar-refractivity contribution in [2.45, 2.75) is 0 Å². The third kappa shape index (κ3) is 2.77. The Morgan fingerprint density at radius 3 is 2.65 bits per heavy atom. The molecule has 104 valence electrons. The lowest BCUT2D eigenvalue weighted by Gasteiger charge is -2.10. The summed E-state index contributed by atoms with van der Waals surface area (Å²) in [7, 11) is 1.60. The van der Waals surface area contributed by atoms with E-state index in [2.05, 4.69) is 36.5 Å². The van der Waals surface area contributed by atoms with Gasteiger partial charge in [-0.25, -0.2) is 0 Å². The summed E-state index contributed by atoms with van der Waals surface area (Å²) in [5.41, 5.74) is 5.88. The number of hydrogen-bond donors (Lipinski definition) is 3. The number of nitro groups is 1. The van der Waals surface area contributed by atoms with Crippen molar-refractivity contribution < 1.29 is 4.92 Å². The summed E-state index contributed by atoms with van der Waals surface area (Å²) in [4.78, 5) is 18.3. The van der Waals surface area contributed by atoms with E-state index in [1.807, 2.05) is 6.07 Å². The molecule has 0 saturated carbocycles. The van der Waals surface area contributed by atoms with E-state index in [1.165, 1.54) is 0 Å². The molecule has 0 bridgehead atoms. The fraction of sp³-hybridized carbons (Fsp3) is 0.0909. The molecule has 0 aliphatic rings. The van der Waals surface area contributed by atoms with E-state index in [4.69, 9.17) is 5.73 Å².